The number of pyridine rings is 1. The molecule has 0 saturated heterocycles. The minimum atomic E-state index is -0.503. The second kappa shape index (κ2) is 9.70. The Bertz CT molecular complexity index is 506. The van der Waals surface area contributed by atoms with Gasteiger partial charge in [-0.15, -0.1) is 0 Å². The summed E-state index contributed by atoms with van der Waals surface area (Å²) in [5.74, 6) is 0.359. The number of nitrogens with zero attached hydrogens (tertiary/aromatic N) is 2. The molecule has 22 heavy (non-hydrogen) atoms. The Balaban J connectivity index is 2.76. The summed E-state index contributed by atoms with van der Waals surface area (Å²) < 4.78 is 0. The highest BCUT2D eigenvalue weighted by molar-refractivity contribution is 5.80. The number of amides is 1. The lowest BCUT2D eigenvalue weighted by Crippen LogP contribution is -2.26. The molecule has 0 bridgehead atoms. The number of unbranched alkanes of at least 4 members (excludes halogenated alkanes) is 2. The Morgan fingerprint density at radius 3 is 2.59 bits per heavy atom. The van der Waals surface area contributed by atoms with Crippen LogP contribution in [0.1, 0.15) is 45.1 Å². The average Bonchev–Trinajstić information content (AvgIpc) is 2.47. The van der Waals surface area contributed by atoms with E-state index in [0.29, 0.717) is 17.9 Å². The molecule has 0 fully saturated rings. The molecule has 0 aliphatic heterocycles. The predicted molar refractivity (Wildman–Crippen MR) is 85.9 cm³/mol. The number of nitrogens with one attached hydrogen (secondary N) is 2. The van der Waals surface area contributed by atoms with Gasteiger partial charge in [0.05, 0.1) is 11.3 Å². The summed E-state index contributed by atoms with van der Waals surface area (Å²) in [6.07, 6.45) is 5.13. The van der Waals surface area contributed by atoms with Crippen molar-refractivity contribution >= 4 is 17.4 Å². The molecule has 0 atom stereocenters. The number of rotatable bonds is 10. The summed E-state index contributed by atoms with van der Waals surface area (Å²) in [4.78, 5) is 26.4. The van der Waals surface area contributed by atoms with Gasteiger partial charge in [0.1, 0.15) is 12.0 Å². The number of anilines is 1. The first-order chi connectivity index (χ1) is 10.6. The van der Waals surface area contributed by atoms with Crippen LogP contribution in [0.3, 0.4) is 0 Å². The van der Waals surface area contributed by atoms with E-state index in [0.717, 1.165) is 32.2 Å². The molecule has 0 unspecified atom stereocenters. The molecule has 1 aromatic rings. The Morgan fingerprint density at radius 1 is 1.27 bits per heavy atom. The van der Waals surface area contributed by atoms with E-state index in [9.17, 15) is 14.9 Å². The van der Waals surface area contributed by atoms with Crippen molar-refractivity contribution in [1.82, 2.24) is 10.3 Å². The molecule has 0 aliphatic carbocycles. The summed E-state index contributed by atoms with van der Waals surface area (Å²) in [6.45, 7) is 5.46. The number of hydrogen-bond donors (Lipinski definition) is 2. The first-order valence-corrected chi connectivity index (χ1v) is 7.72. The SMILES string of the molecule is CCCCNC(=O)Cc1cc(NCCCC)ncc1[N+](=O)[O-]. The first-order valence-electron chi connectivity index (χ1n) is 7.72. The first kappa shape index (κ1) is 17.9. The van der Waals surface area contributed by atoms with Gasteiger partial charge in [-0.1, -0.05) is 26.7 Å². The zero-order valence-corrected chi connectivity index (χ0v) is 13.2. The van der Waals surface area contributed by atoms with Crippen molar-refractivity contribution in [3.63, 3.8) is 0 Å². The van der Waals surface area contributed by atoms with Gasteiger partial charge in [0.25, 0.3) is 5.69 Å². The Kier molecular flexibility index (Phi) is 7.88. The summed E-state index contributed by atoms with van der Waals surface area (Å²) in [5, 5.41) is 16.9. The van der Waals surface area contributed by atoms with Crippen LogP contribution in [0.15, 0.2) is 12.3 Å². The van der Waals surface area contributed by atoms with Gasteiger partial charge >= 0.3 is 0 Å². The smallest absolute Gasteiger partial charge is 0.291 e. The fourth-order valence-corrected chi connectivity index (χ4v) is 1.93. The van der Waals surface area contributed by atoms with Crippen LogP contribution < -0.4 is 10.6 Å². The van der Waals surface area contributed by atoms with Gasteiger partial charge in [0.2, 0.25) is 5.91 Å². The van der Waals surface area contributed by atoms with Crippen LogP contribution in [-0.4, -0.2) is 28.9 Å². The molecule has 7 nitrogen and oxygen atoms in total. The lowest BCUT2D eigenvalue weighted by Gasteiger charge is -2.08. The molecule has 2 N–H and O–H groups in total. The Labute approximate surface area is 130 Å². The molecular formula is C15H24N4O3. The van der Waals surface area contributed by atoms with E-state index in [2.05, 4.69) is 22.5 Å². The highest BCUT2D eigenvalue weighted by atomic mass is 16.6. The van der Waals surface area contributed by atoms with Crippen LogP contribution >= 0.6 is 0 Å². The minimum Gasteiger partial charge on any atom is -0.370 e. The van der Waals surface area contributed by atoms with Crippen molar-refractivity contribution in [3.8, 4) is 0 Å². The van der Waals surface area contributed by atoms with E-state index in [1.54, 1.807) is 6.07 Å². The number of carbonyl (C=O) groups excluding carboxylic acids is 1. The molecular weight excluding hydrogens is 284 g/mol. The molecule has 122 valence electrons. The third-order valence-electron chi connectivity index (χ3n) is 3.20. The summed E-state index contributed by atoms with van der Waals surface area (Å²) >= 11 is 0. The van der Waals surface area contributed by atoms with E-state index in [1.165, 1.54) is 6.20 Å². The number of hydrogen-bond acceptors (Lipinski definition) is 5. The van der Waals surface area contributed by atoms with Crippen molar-refractivity contribution in [2.24, 2.45) is 0 Å². The Hall–Kier alpha value is -2.18. The maximum absolute atomic E-state index is 11.9. The standard InChI is InChI=1S/C15H24N4O3/c1-3-5-7-16-14-9-12(13(11-18-14)19(21)22)10-15(20)17-8-6-4-2/h9,11H,3-8,10H2,1-2H3,(H,16,18)(H,17,20). The number of nitro groups is 1. The highest BCUT2D eigenvalue weighted by Gasteiger charge is 2.17. The molecule has 0 aromatic carbocycles. The third-order valence-corrected chi connectivity index (χ3v) is 3.20. The second-order valence-corrected chi connectivity index (χ2v) is 5.12. The lowest BCUT2D eigenvalue weighted by molar-refractivity contribution is -0.385. The average molecular weight is 308 g/mol. The monoisotopic (exact) mass is 308 g/mol. The van der Waals surface area contributed by atoms with Crippen molar-refractivity contribution in [1.29, 1.82) is 0 Å². The van der Waals surface area contributed by atoms with E-state index >= 15 is 0 Å². The van der Waals surface area contributed by atoms with Crippen molar-refractivity contribution < 1.29 is 9.72 Å². The minimum absolute atomic E-state index is 0.00892. The quantitative estimate of drug-likeness (QED) is 0.393. The molecule has 1 amide bonds. The number of aromatic nitrogens is 1. The molecule has 0 radical (unpaired) electrons. The molecule has 7 heteroatoms. The van der Waals surface area contributed by atoms with Gasteiger partial charge in [0.15, 0.2) is 0 Å². The number of carbonyl (C=O) groups is 1. The normalized spacial score (nSPS) is 10.3. The van der Waals surface area contributed by atoms with Crippen LogP contribution in [0, 0.1) is 10.1 Å². The topological polar surface area (TPSA) is 97.2 Å². The van der Waals surface area contributed by atoms with Crippen LogP contribution in [0.4, 0.5) is 11.5 Å². The van der Waals surface area contributed by atoms with E-state index in [-0.39, 0.29) is 18.0 Å². The van der Waals surface area contributed by atoms with Crippen molar-refractivity contribution in [2.75, 3.05) is 18.4 Å². The fourth-order valence-electron chi connectivity index (χ4n) is 1.93. The van der Waals surface area contributed by atoms with Crippen molar-refractivity contribution in [2.45, 2.75) is 46.0 Å². The molecule has 1 rings (SSSR count). The van der Waals surface area contributed by atoms with E-state index in [4.69, 9.17) is 0 Å². The fraction of sp³-hybridized carbons (Fsp3) is 0.600. The molecule has 0 saturated carbocycles. The van der Waals surface area contributed by atoms with Gasteiger partial charge in [-0.05, 0) is 18.9 Å². The summed E-state index contributed by atoms with van der Waals surface area (Å²) in [7, 11) is 0. The summed E-state index contributed by atoms with van der Waals surface area (Å²) in [5.41, 5.74) is 0.264. The van der Waals surface area contributed by atoms with Gasteiger partial charge in [0, 0.05) is 18.7 Å². The Morgan fingerprint density at radius 2 is 1.95 bits per heavy atom. The van der Waals surface area contributed by atoms with Crippen LogP contribution in [0.2, 0.25) is 0 Å². The van der Waals surface area contributed by atoms with E-state index < -0.39 is 4.92 Å². The molecule has 0 spiro atoms. The van der Waals surface area contributed by atoms with E-state index in [1.807, 2.05) is 6.92 Å². The van der Waals surface area contributed by atoms with Gasteiger partial charge in [-0.2, -0.15) is 0 Å². The predicted octanol–water partition coefficient (Wildman–Crippen LogP) is 2.66. The van der Waals surface area contributed by atoms with Crippen LogP contribution in [0.25, 0.3) is 0 Å². The molecule has 0 aliphatic rings. The third kappa shape index (κ3) is 6.07. The van der Waals surface area contributed by atoms with Gasteiger partial charge < -0.3 is 10.6 Å². The zero-order chi connectivity index (χ0) is 16.4. The van der Waals surface area contributed by atoms with Gasteiger partial charge in [-0.25, -0.2) is 4.98 Å². The van der Waals surface area contributed by atoms with Crippen molar-refractivity contribution in [3.05, 3.63) is 27.9 Å². The van der Waals surface area contributed by atoms with Crippen LogP contribution in [0.5, 0.6) is 0 Å². The van der Waals surface area contributed by atoms with Crippen LogP contribution in [-0.2, 0) is 11.2 Å². The summed E-state index contributed by atoms with van der Waals surface area (Å²) in [6, 6.07) is 1.59. The van der Waals surface area contributed by atoms with Gasteiger partial charge in [-0.3, -0.25) is 14.9 Å². The lowest BCUT2D eigenvalue weighted by atomic mass is 10.1. The largest absolute Gasteiger partial charge is 0.370 e. The molecule has 1 aromatic heterocycles. The molecule has 1 heterocycles. The second-order valence-electron chi connectivity index (χ2n) is 5.12. The zero-order valence-electron chi connectivity index (χ0n) is 13.2. The maximum atomic E-state index is 11.9. The maximum Gasteiger partial charge on any atom is 0.291 e. The highest BCUT2D eigenvalue weighted by Crippen LogP contribution is 2.21.